The molecule has 0 aliphatic heterocycles. The highest BCUT2D eigenvalue weighted by Crippen LogP contribution is 2.27. The van der Waals surface area contributed by atoms with E-state index in [2.05, 4.69) is 17.1 Å². The molecule has 0 atom stereocenters. The lowest BCUT2D eigenvalue weighted by Gasteiger charge is -2.12. The molecule has 4 aromatic rings. The minimum atomic E-state index is -0.347. The van der Waals surface area contributed by atoms with Crippen LogP contribution in [-0.4, -0.2) is 18.7 Å². The van der Waals surface area contributed by atoms with E-state index in [4.69, 9.17) is 9.47 Å². The summed E-state index contributed by atoms with van der Waals surface area (Å²) in [5, 5.41) is 6.11. The molecule has 6 heteroatoms. The minimum Gasteiger partial charge on any atom is -0.490 e. The van der Waals surface area contributed by atoms with Gasteiger partial charge in [0.2, 0.25) is 0 Å². The first-order chi connectivity index (χ1) is 16.6. The van der Waals surface area contributed by atoms with Crippen molar-refractivity contribution in [3.05, 3.63) is 120 Å². The summed E-state index contributed by atoms with van der Waals surface area (Å²) in [4.78, 5) is 12.5. The molecule has 1 amide bonds. The molecule has 4 aromatic carbocycles. The third-order valence-corrected chi connectivity index (χ3v) is 5.08. The lowest BCUT2D eigenvalue weighted by Crippen LogP contribution is -2.17. The number of carbonyl (C=O) groups is 1. The third kappa shape index (κ3) is 5.66. The van der Waals surface area contributed by atoms with Crippen LogP contribution in [0.1, 0.15) is 21.5 Å². The molecule has 170 valence electrons. The van der Waals surface area contributed by atoms with Gasteiger partial charge in [0, 0.05) is 11.1 Å². The van der Waals surface area contributed by atoms with Gasteiger partial charge in [-0.05, 0) is 58.8 Å². The topological polar surface area (TPSA) is 59.9 Å². The van der Waals surface area contributed by atoms with Crippen LogP contribution >= 0.6 is 0 Å². The highest BCUT2D eigenvalue weighted by atomic mass is 19.1. The largest absolute Gasteiger partial charge is 0.490 e. The zero-order valence-electron chi connectivity index (χ0n) is 18.4. The Morgan fingerprint density at radius 3 is 2.47 bits per heavy atom. The summed E-state index contributed by atoms with van der Waals surface area (Å²) in [6.45, 7) is 4.27. The van der Waals surface area contributed by atoms with Crippen molar-refractivity contribution in [3.63, 3.8) is 0 Å². The van der Waals surface area contributed by atoms with Gasteiger partial charge in [-0.1, -0.05) is 55.1 Å². The van der Waals surface area contributed by atoms with Crippen LogP contribution in [0.4, 0.5) is 4.39 Å². The molecular weight excluding hydrogens is 431 g/mol. The van der Waals surface area contributed by atoms with Gasteiger partial charge >= 0.3 is 0 Å². The molecule has 0 heterocycles. The third-order valence-electron chi connectivity index (χ3n) is 5.08. The number of amides is 1. The van der Waals surface area contributed by atoms with Crippen molar-refractivity contribution in [2.75, 3.05) is 6.61 Å². The van der Waals surface area contributed by atoms with E-state index in [0.717, 1.165) is 21.9 Å². The van der Waals surface area contributed by atoms with Crippen LogP contribution in [-0.2, 0) is 6.61 Å². The molecule has 0 saturated heterocycles. The van der Waals surface area contributed by atoms with Gasteiger partial charge < -0.3 is 9.47 Å². The fraction of sp³-hybridized carbons (Fsp3) is 0.0714. The molecule has 0 aliphatic carbocycles. The van der Waals surface area contributed by atoms with E-state index in [0.29, 0.717) is 23.7 Å². The molecule has 0 unspecified atom stereocenters. The van der Waals surface area contributed by atoms with Crippen LogP contribution in [0.5, 0.6) is 11.5 Å². The second-order valence-corrected chi connectivity index (χ2v) is 7.44. The number of carbonyl (C=O) groups excluding carboxylic acids is 1. The van der Waals surface area contributed by atoms with Crippen LogP contribution in [0.2, 0.25) is 0 Å². The van der Waals surface area contributed by atoms with E-state index in [1.165, 1.54) is 12.1 Å². The number of ether oxygens (including phenoxy) is 2. The van der Waals surface area contributed by atoms with Crippen molar-refractivity contribution >= 4 is 22.9 Å². The van der Waals surface area contributed by atoms with Gasteiger partial charge in [-0.2, -0.15) is 5.10 Å². The summed E-state index contributed by atoms with van der Waals surface area (Å²) in [5.41, 5.74) is 4.58. The quantitative estimate of drug-likeness (QED) is 0.195. The molecular formula is C28H23FN2O3. The SMILES string of the molecule is C=CCOc1ccc(C(=O)N/N=C/c2c(OCc3ccc(F)cc3)ccc3ccccc23)cc1. The Hall–Kier alpha value is -4.45. The number of hydrazone groups is 1. The number of hydrogen-bond donors (Lipinski definition) is 1. The summed E-state index contributed by atoms with van der Waals surface area (Å²) in [7, 11) is 0. The number of nitrogens with zero attached hydrogens (tertiary/aromatic N) is 1. The van der Waals surface area contributed by atoms with Crippen molar-refractivity contribution in [2.45, 2.75) is 6.61 Å². The molecule has 0 saturated carbocycles. The molecule has 0 aromatic heterocycles. The zero-order chi connectivity index (χ0) is 23.8. The Balaban J connectivity index is 1.51. The monoisotopic (exact) mass is 454 g/mol. The summed E-state index contributed by atoms with van der Waals surface area (Å²) in [5.74, 6) is 0.612. The standard InChI is InChI=1S/C28H23FN2O3/c1-2-17-33-24-14-9-22(10-15-24)28(32)31-30-18-26-25-6-4-3-5-21(25)11-16-27(26)34-19-20-7-12-23(29)13-8-20/h2-16,18H,1,17,19H2,(H,31,32)/b30-18+. The number of halogens is 1. The number of nitrogens with one attached hydrogen (secondary N) is 1. The summed E-state index contributed by atoms with van der Waals surface area (Å²) in [6.07, 6.45) is 3.22. The summed E-state index contributed by atoms with van der Waals surface area (Å²) in [6, 6.07) is 24.6. The van der Waals surface area contributed by atoms with Crippen LogP contribution in [0.3, 0.4) is 0 Å². The Bertz CT molecular complexity index is 1320. The van der Waals surface area contributed by atoms with Crippen molar-refractivity contribution in [3.8, 4) is 11.5 Å². The molecule has 34 heavy (non-hydrogen) atoms. The van der Waals surface area contributed by atoms with Crippen LogP contribution in [0.15, 0.2) is 103 Å². The normalized spacial score (nSPS) is 10.9. The van der Waals surface area contributed by atoms with Crippen molar-refractivity contribution in [1.82, 2.24) is 5.43 Å². The maximum absolute atomic E-state index is 13.2. The fourth-order valence-corrected chi connectivity index (χ4v) is 3.35. The summed E-state index contributed by atoms with van der Waals surface area (Å²) >= 11 is 0. The first kappa shape index (κ1) is 22.7. The van der Waals surface area contributed by atoms with Crippen LogP contribution in [0.25, 0.3) is 10.8 Å². The minimum absolute atomic E-state index is 0.270. The van der Waals surface area contributed by atoms with E-state index in [1.54, 1.807) is 48.7 Å². The van der Waals surface area contributed by atoms with Gasteiger partial charge in [-0.25, -0.2) is 9.82 Å². The lowest BCUT2D eigenvalue weighted by molar-refractivity contribution is 0.0955. The zero-order valence-corrected chi connectivity index (χ0v) is 18.4. The molecule has 1 N–H and O–H groups in total. The molecule has 0 fully saturated rings. The molecule has 0 radical (unpaired) electrons. The maximum atomic E-state index is 13.2. The Morgan fingerprint density at radius 1 is 0.941 bits per heavy atom. The van der Waals surface area contributed by atoms with Crippen molar-refractivity contribution < 1.29 is 18.7 Å². The highest BCUT2D eigenvalue weighted by Gasteiger charge is 2.09. The Labute approximate surface area is 197 Å². The van der Waals surface area contributed by atoms with Crippen molar-refractivity contribution in [1.29, 1.82) is 0 Å². The van der Waals surface area contributed by atoms with Crippen LogP contribution < -0.4 is 14.9 Å². The average Bonchev–Trinajstić information content (AvgIpc) is 2.88. The number of benzene rings is 4. The average molecular weight is 455 g/mol. The van der Waals surface area contributed by atoms with E-state index < -0.39 is 0 Å². The van der Waals surface area contributed by atoms with Gasteiger partial charge in [-0.3, -0.25) is 4.79 Å². The molecule has 5 nitrogen and oxygen atoms in total. The predicted molar refractivity (Wildman–Crippen MR) is 132 cm³/mol. The smallest absolute Gasteiger partial charge is 0.271 e. The van der Waals surface area contributed by atoms with Gasteiger partial charge in [0.25, 0.3) is 5.91 Å². The molecule has 0 spiro atoms. The number of fused-ring (bicyclic) bond motifs is 1. The Morgan fingerprint density at radius 2 is 1.71 bits per heavy atom. The molecule has 0 aliphatic rings. The van der Waals surface area contributed by atoms with Crippen molar-refractivity contribution in [2.24, 2.45) is 5.10 Å². The van der Waals surface area contributed by atoms with Gasteiger partial charge in [0.05, 0.1) is 6.21 Å². The number of rotatable bonds is 9. The molecule has 4 rings (SSSR count). The van der Waals surface area contributed by atoms with E-state index in [1.807, 2.05) is 36.4 Å². The molecule has 0 bridgehead atoms. The second-order valence-electron chi connectivity index (χ2n) is 7.44. The summed E-state index contributed by atoms with van der Waals surface area (Å²) < 4.78 is 24.6. The first-order valence-corrected chi connectivity index (χ1v) is 10.7. The van der Waals surface area contributed by atoms with Gasteiger partial charge in [-0.15, -0.1) is 0 Å². The van der Waals surface area contributed by atoms with Gasteiger partial charge in [0.15, 0.2) is 0 Å². The second kappa shape index (κ2) is 10.9. The Kier molecular flexibility index (Phi) is 7.30. The lowest BCUT2D eigenvalue weighted by atomic mass is 10.0. The van der Waals surface area contributed by atoms with E-state index >= 15 is 0 Å². The van der Waals surface area contributed by atoms with E-state index in [-0.39, 0.29) is 18.3 Å². The number of hydrogen-bond acceptors (Lipinski definition) is 4. The van der Waals surface area contributed by atoms with E-state index in [9.17, 15) is 9.18 Å². The van der Waals surface area contributed by atoms with Gasteiger partial charge in [0.1, 0.15) is 30.5 Å². The highest BCUT2D eigenvalue weighted by molar-refractivity contribution is 6.03. The van der Waals surface area contributed by atoms with Crippen LogP contribution in [0, 0.1) is 5.82 Å². The first-order valence-electron chi connectivity index (χ1n) is 10.7. The fourth-order valence-electron chi connectivity index (χ4n) is 3.35. The maximum Gasteiger partial charge on any atom is 0.271 e. The predicted octanol–water partition coefficient (Wildman–Crippen LogP) is 5.89.